The lowest BCUT2D eigenvalue weighted by atomic mass is 10.1. The second-order valence-corrected chi connectivity index (χ2v) is 4.25. The highest BCUT2D eigenvalue weighted by atomic mass is 16.1. The lowest BCUT2D eigenvalue weighted by Crippen LogP contribution is -2.20. The second kappa shape index (κ2) is 4.02. The van der Waals surface area contributed by atoms with Crippen LogP contribution >= 0.6 is 0 Å². The Kier molecular flexibility index (Phi) is 2.73. The molecule has 2 rings (SSSR count). The predicted molar refractivity (Wildman–Crippen MR) is 58.5 cm³/mol. The summed E-state index contributed by atoms with van der Waals surface area (Å²) in [5, 5.41) is 0. The lowest BCUT2D eigenvalue weighted by molar-refractivity contribution is 0.377. The Morgan fingerprint density at radius 2 is 2.47 bits per heavy atom. The van der Waals surface area contributed by atoms with Crippen LogP contribution in [0.25, 0.3) is 0 Å². The molecule has 0 spiro atoms. The van der Waals surface area contributed by atoms with Crippen LogP contribution in [0.4, 0.5) is 5.69 Å². The van der Waals surface area contributed by atoms with Gasteiger partial charge in [0.05, 0.1) is 6.33 Å². The van der Waals surface area contributed by atoms with E-state index in [-0.39, 0.29) is 11.2 Å². The van der Waals surface area contributed by atoms with E-state index in [2.05, 4.69) is 16.9 Å². The number of likely N-dealkylation sites (tertiary alicyclic amines) is 1. The fraction of sp³-hybridized carbons (Fsp3) is 0.600. The van der Waals surface area contributed by atoms with Gasteiger partial charge in [-0.15, -0.1) is 0 Å². The highest BCUT2D eigenvalue weighted by molar-refractivity contribution is 5.30. The van der Waals surface area contributed by atoms with Gasteiger partial charge in [0.1, 0.15) is 5.69 Å². The number of nitrogen functional groups attached to an aromatic ring is 1. The lowest BCUT2D eigenvalue weighted by Gasteiger charge is -2.12. The van der Waals surface area contributed by atoms with E-state index in [1.807, 2.05) is 4.57 Å². The molecule has 1 aliphatic heterocycles. The van der Waals surface area contributed by atoms with E-state index in [1.54, 1.807) is 12.5 Å². The molecule has 1 saturated heterocycles. The third-order valence-electron chi connectivity index (χ3n) is 2.83. The highest BCUT2D eigenvalue weighted by Gasteiger charge is 2.19. The van der Waals surface area contributed by atoms with Crippen molar-refractivity contribution >= 4 is 5.69 Å². The maximum absolute atomic E-state index is 11.0. The minimum atomic E-state index is -0.338. The average Bonchev–Trinajstić information content (AvgIpc) is 2.58. The van der Waals surface area contributed by atoms with Gasteiger partial charge in [0.15, 0.2) is 0 Å². The second-order valence-electron chi connectivity index (χ2n) is 4.25. The first-order valence-electron chi connectivity index (χ1n) is 5.15. The zero-order chi connectivity index (χ0) is 10.8. The normalized spacial score (nSPS) is 22.1. The van der Waals surface area contributed by atoms with E-state index in [4.69, 9.17) is 5.73 Å². The number of hydrogen-bond donors (Lipinski definition) is 1. The van der Waals surface area contributed by atoms with Crippen LogP contribution in [0.1, 0.15) is 6.42 Å². The first kappa shape index (κ1) is 10.2. The molecule has 0 bridgehead atoms. The first-order valence-corrected chi connectivity index (χ1v) is 5.15. The fourth-order valence-electron chi connectivity index (χ4n) is 2.04. The standard InChI is InChI=1S/C10H16N4O/c1-13-3-2-8(4-13)5-14-6-9(11)10(15)12-7-14/h6-8H,2-5,11H2,1H3. The van der Waals surface area contributed by atoms with Crippen LogP contribution in [0.5, 0.6) is 0 Å². The van der Waals surface area contributed by atoms with Crippen LogP contribution in [0.3, 0.4) is 0 Å². The zero-order valence-corrected chi connectivity index (χ0v) is 8.89. The smallest absolute Gasteiger partial charge is 0.295 e. The summed E-state index contributed by atoms with van der Waals surface area (Å²) in [6.07, 6.45) is 4.44. The Bertz CT molecular complexity index is 401. The molecule has 15 heavy (non-hydrogen) atoms. The number of aromatic nitrogens is 2. The third kappa shape index (κ3) is 2.36. The summed E-state index contributed by atoms with van der Waals surface area (Å²) in [5.41, 5.74) is 5.40. The molecule has 0 aliphatic carbocycles. The predicted octanol–water partition coefficient (Wildman–Crippen LogP) is -0.223. The van der Waals surface area contributed by atoms with Crippen molar-refractivity contribution in [1.82, 2.24) is 14.5 Å². The van der Waals surface area contributed by atoms with E-state index < -0.39 is 0 Å². The number of anilines is 1. The van der Waals surface area contributed by atoms with Crippen LogP contribution in [0, 0.1) is 5.92 Å². The molecular weight excluding hydrogens is 192 g/mol. The Hall–Kier alpha value is -1.36. The molecule has 0 radical (unpaired) electrons. The van der Waals surface area contributed by atoms with Crippen LogP contribution < -0.4 is 11.3 Å². The SMILES string of the molecule is CN1CCC(Cn2cnc(=O)c(N)c2)C1. The van der Waals surface area contributed by atoms with Gasteiger partial charge in [0.2, 0.25) is 0 Å². The van der Waals surface area contributed by atoms with E-state index in [0.29, 0.717) is 5.92 Å². The highest BCUT2D eigenvalue weighted by Crippen LogP contribution is 2.16. The summed E-state index contributed by atoms with van der Waals surface area (Å²) < 4.78 is 1.90. The summed E-state index contributed by atoms with van der Waals surface area (Å²) >= 11 is 0. The average molecular weight is 208 g/mol. The van der Waals surface area contributed by atoms with Gasteiger partial charge in [-0.25, -0.2) is 0 Å². The molecule has 1 aromatic rings. The molecular formula is C10H16N4O. The van der Waals surface area contributed by atoms with E-state index in [0.717, 1.165) is 19.6 Å². The van der Waals surface area contributed by atoms with Crippen molar-refractivity contribution in [3.63, 3.8) is 0 Å². The molecule has 0 amide bonds. The molecule has 2 N–H and O–H groups in total. The number of nitrogens with two attached hydrogens (primary N) is 1. The van der Waals surface area contributed by atoms with Gasteiger partial charge in [-0.1, -0.05) is 0 Å². The number of hydrogen-bond acceptors (Lipinski definition) is 4. The van der Waals surface area contributed by atoms with Gasteiger partial charge in [-0.05, 0) is 25.9 Å². The molecule has 1 unspecified atom stereocenters. The van der Waals surface area contributed by atoms with Crippen molar-refractivity contribution in [2.45, 2.75) is 13.0 Å². The molecule has 0 aromatic carbocycles. The van der Waals surface area contributed by atoms with Crippen LogP contribution in [-0.2, 0) is 6.54 Å². The summed E-state index contributed by atoms with van der Waals surface area (Å²) in [5.74, 6) is 0.638. The van der Waals surface area contributed by atoms with Crippen molar-refractivity contribution in [2.24, 2.45) is 5.92 Å². The Morgan fingerprint density at radius 1 is 1.67 bits per heavy atom. The van der Waals surface area contributed by atoms with Crippen LogP contribution in [0.2, 0.25) is 0 Å². The third-order valence-corrected chi connectivity index (χ3v) is 2.83. The van der Waals surface area contributed by atoms with Gasteiger partial charge in [-0.2, -0.15) is 4.98 Å². The maximum Gasteiger partial charge on any atom is 0.295 e. The van der Waals surface area contributed by atoms with Crippen LogP contribution in [0.15, 0.2) is 17.3 Å². The van der Waals surface area contributed by atoms with E-state index in [1.165, 1.54) is 6.42 Å². The quantitative estimate of drug-likeness (QED) is 0.729. The molecule has 1 aliphatic rings. The molecule has 5 nitrogen and oxygen atoms in total. The summed E-state index contributed by atoms with van der Waals surface area (Å²) in [4.78, 5) is 17.0. The topological polar surface area (TPSA) is 64.2 Å². The van der Waals surface area contributed by atoms with Crippen molar-refractivity contribution in [3.8, 4) is 0 Å². The molecule has 5 heteroatoms. The monoisotopic (exact) mass is 208 g/mol. The molecule has 1 fully saturated rings. The zero-order valence-electron chi connectivity index (χ0n) is 8.89. The Balaban J connectivity index is 2.05. The Labute approximate surface area is 88.5 Å². The van der Waals surface area contributed by atoms with E-state index in [9.17, 15) is 4.79 Å². The Morgan fingerprint density at radius 3 is 3.07 bits per heavy atom. The number of nitrogens with zero attached hydrogens (tertiary/aromatic N) is 3. The van der Waals surface area contributed by atoms with Crippen LogP contribution in [-0.4, -0.2) is 34.6 Å². The van der Waals surface area contributed by atoms with Crippen molar-refractivity contribution in [1.29, 1.82) is 0 Å². The molecule has 1 atom stereocenters. The minimum Gasteiger partial charge on any atom is -0.393 e. The fourth-order valence-corrected chi connectivity index (χ4v) is 2.04. The van der Waals surface area contributed by atoms with Gasteiger partial charge < -0.3 is 15.2 Å². The van der Waals surface area contributed by atoms with Gasteiger partial charge in [-0.3, -0.25) is 4.79 Å². The first-order chi connectivity index (χ1) is 7.15. The van der Waals surface area contributed by atoms with Crippen molar-refractivity contribution in [2.75, 3.05) is 25.9 Å². The summed E-state index contributed by atoms with van der Waals surface area (Å²) in [6.45, 7) is 3.14. The largest absolute Gasteiger partial charge is 0.393 e. The molecule has 2 heterocycles. The van der Waals surface area contributed by atoms with Gasteiger partial charge in [0, 0.05) is 19.3 Å². The van der Waals surface area contributed by atoms with Gasteiger partial charge in [0.25, 0.3) is 5.56 Å². The molecule has 82 valence electrons. The van der Waals surface area contributed by atoms with Crippen molar-refractivity contribution in [3.05, 3.63) is 22.9 Å². The van der Waals surface area contributed by atoms with E-state index >= 15 is 0 Å². The molecule has 1 aromatic heterocycles. The maximum atomic E-state index is 11.0. The molecule has 0 saturated carbocycles. The minimum absolute atomic E-state index is 0.226. The summed E-state index contributed by atoms with van der Waals surface area (Å²) in [7, 11) is 2.12. The summed E-state index contributed by atoms with van der Waals surface area (Å²) in [6, 6.07) is 0. The number of rotatable bonds is 2. The van der Waals surface area contributed by atoms with Crippen molar-refractivity contribution < 1.29 is 0 Å². The van der Waals surface area contributed by atoms with Gasteiger partial charge >= 0.3 is 0 Å².